The summed E-state index contributed by atoms with van der Waals surface area (Å²) in [5.41, 5.74) is 0.163. The lowest BCUT2D eigenvalue weighted by atomic mass is 10.1. The van der Waals surface area contributed by atoms with Crippen LogP contribution < -0.4 is 5.32 Å². The van der Waals surface area contributed by atoms with Gasteiger partial charge in [0.2, 0.25) is 0 Å². The van der Waals surface area contributed by atoms with E-state index in [2.05, 4.69) is 10.3 Å². The van der Waals surface area contributed by atoms with Crippen LogP contribution in [0.2, 0.25) is 0 Å². The molecule has 1 fully saturated rings. The molecule has 0 bridgehead atoms. The molecule has 0 saturated heterocycles. The lowest BCUT2D eigenvalue weighted by molar-refractivity contribution is -0.142. The number of carboxylic acids is 1. The lowest BCUT2D eigenvalue weighted by Gasteiger charge is -2.11. The van der Waals surface area contributed by atoms with Gasteiger partial charge in [0, 0.05) is 12.7 Å². The van der Waals surface area contributed by atoms with E-state index in [1.54, 1.807) is 18.5 Å². The first-order chi connectivity index (χ1) is 8.21. The Hall–Kier alpha value is -2.04. The Bertz CT molecular complexity index is 572. The van der Waals surface area contributed by atoms with Gasteiger partial charge in [-0.2, -0.15) is 0 Å². The molecule has 0 aliphatic heterocycles. The largest absolute Gasteiger partial charge is 0.481 e. The number of aliphatic carboxylic acids is 1. The molecule has 0 atom stereocenters. The highest BCUT2D eigenvalue weighted by Gasteiger charge is 2.50. The minimum atomic E-state index is -0.732. The predicted molar refractivity (Wildman–Crippen MR) is 61.8 cm³/mol. The van der Waals surface area contributed by atoms with Gasteiger partial charge in [-0.3, -0.25) is 4.79 Å². The van der Waals surface area contributed by atoms with Crippen LogP contribution in [-0.2, 0) is 4.79 Å². The van der Waals surface area contributed by atoms with Crippen molar-refractivity contribution in [1.82, 2.24) is 4.98 Å². The number of carboxylic acid groups (broad SMARTS) is 1. The van der Waals surface area contributed by atoms with E-state index in [0.29, 0.717) is 12.4 Å². The van der Waals surface area contributed by atoms with Crippen LogP contribution in [0.15, 0.2) is 29.0 Å². The van der Waals surface area contributed by atoms with Crippen molar-refractivity contribution in [3.8, 4) is 0 Å². The third kappa shape index (κ3) is 1.63. The van der Waals surface area contributed by atoms with E-state index in [0.717, 1.165) is 23.8 Å². The zero-order valence-corrected chi connectivity index (χ0v) is 9.14. The Balaban J connectivity index is 1.81. The van der Waals surface area contributed by atoms with Gasteiger partial charge in [0.25, 0.3) is 0 Å². The number of aromatic nitrogens is 1. The van der Waals surface area contributed by atoms with Crippen LogP contribution >= 0.6 is 0 Å². The summed E-state index contributed by atoms with van der Waals surface area (Å²) in [5, 5.41) is 13.1. The fourth-order valence-electron chi connectivity index (χ4n) is 1.91. The molecule has 0 amide bonds. The van der Waals surface area contributed by atoms with E-state index < -0.39 is 11.4 Å². The second-order valence-corrected chi connectivity index (χ2v) is 4.43. The molecule has 88 valence electrons. The predicted octanol–water partition coefficient (Wildman–Crippen LogP) is 2.10. The first kappa shape index (κ1) is 10.1. The van der Waals surface area contributed by atoms with Crippen LogP contribution in [-0.4, -0.2) is 22.6 Å². The molecule has 0 aromatic carbocycles. The fraction of sp³-hybridized carbons (Fsp3) is 0.333. The molecular formula is C12H12N2O3. The van der Waals surface area contributed by atoms with Crippen molar-refractivity contribution in [2.45, 2.75) is 12.8 Å². The van der Waals surface area contributed by atoms with Crippen molar-refractivity contribution >= 4 is 22.8 Å². The van der Waals surface area contributed by atoms with Crippen LogP contribution in [0.3, 0.4) is 0 Å². The minimum Gasteiger partial charge on any atom is -0.481 e. The maximum Gasteiger partial charge on any atom is 0.311 e. The average Bonchev–Trinajstić information content (AvgIpc) is 2.96. The highest BCUT2D eigenvalue weighted by atomic mass is 16.4. The summed E-state index contributed by atoms with van der Waals surface area (Å²) in [6.45, 7) is 0.416. The molecule has 1 aliphatic carbocycles. The number of carbonyl (C=O) groups is 1. The van der Waals surface area contributed by atoms with E-state index in [1.165, 1.54) is 0 Å². The Morgan fingerprint density at radius 2 is 2.35 bits per heavy atom. The van der Waals surface area contributed by atoms with Crippen LogP contribution in [0.25, 0.3) is 11.0 Å². The molecule has 0 spiro atoms. The average molecular weight is 232 g/mol. The molecule has 1 aliphatic rings. The number of pyridine rings is 1. The van der Waals surface area contributed by atoms with Gasteiger partial charge in [-0.05, 0) is 25.0 Å². The SMILES string of the molecule is O=C(O)C1(CNc2nccc3occc23)CC1. The highest BCUT2D eigenvalue weighted by molar-refractivity contribution is 5.88. The molecular weight excluding hydrogens is 220 g/mol. The highest BCUT2D eigenvalue weighted by Crippen LogP contribution is 2.45. The minimum absolute atomic E-state index is 0.416. The van der Waals surface area contributed by atoms with Crippen molar-refractivity contribution < 1.29 is 14.3 Å². The Labute approximate surface area is 97.5 Å². The Morgan fingerprint density at radius 1 is 1.53 bits per heavy atom. The second-order valence-electron chi connectivity index (χ2n) is 4.43. The number of rotatable bonds is 4. The van der Waals surface area contributed by atoms with E-state index >= 15 is 0 Å². The van der Waals surface area contributed by atoms with Gasteiger partial charge in [-0.15, -0.1) is 0 Å². The van der Waals surface area contributed by atoms with Crippen molar-refractivity contribution in [3.05, 3.63) is 24.6 Å². The van der Waals surface area contributed by atoms with Crippen LogP contribution in [0.1, 0.15) is 12.8 Å². The molecule has 17 heavy (non-hydrogen) atoms. The van der Waals surface area contributed by atoms with Gasteiger partial charge in [-0.1, -0.05) is 0 Å². The summed E-state index contributed by atoms with van der Waals surface area (Å²) in [6, 6.07) is 3.61. The lowest BCUT2D eigenvalue weighted by Crippen LogP contribution is -2.24. The van der Waals surface area contributed by atoms with E-state index in [4.69, 9.17) is 9.52 Å². The van der Waals surface area contributed by atoms with E-state index in [1.807, 2.05) is 6.07 Å². The summed E-state index contributed by atoms with van der Waals surface area (Å²) in [7, 11) is 0. The Morgan fingerprint density at radius 3 is 3.06 bits per heavy atom. The Kier molecular flexibility index (Phi) is 2.07. The second kappa shape index (κ2) is 3.48. The van der Waals surface area contributed by atoms with Crippen LogP contribution in [0, 0.1) is 5.41 Å². The summed E-state index contributed by atoms with van der Waals surface area (Å²) in [6.07, 6.45) is 4.71. The van der Waals surface area contributed by atoms with E-state index in [9.17, 15) is 4.79 Å². The summed E-state index contributed by atoms with van der Waals surface area (Å²) >= 11 is 0. The molecule has 5 heteroatoms. The summed E-state index contributed by atoms with van der Waals surface area (Å²) in [5.74, 6) is -0.0480. The molecule has 1 saturated carbocycles. The topological polar surface area (TPSA) is 75.4 Å². The maximum atomic E-state index is 11.0. The van der Waals surface area contributed by atoms with Gasteiger partial charge in [0.15, 0.2) is 0 Å². The number of hydrogen-bond donors (Lipinski definition) is 2. The standard InChI is InChI=1S/C12H12N2O3/c15-11(16)12(3-4-12)7-14-10-8-2-6-17-9(8)1-5-13-10/h1-2,5-6H,3-4,7H2,(H,13,14)(H,15,16). The van der Waals surface area contributed by atoms with Gasteiger partial charge >= 0.3 is 5.97 Å². The molecule has 0 unspecified atom stereocenters. The zero-order valence-electron chi connectivity index (χ0n) is 9.14. The fourth-order valence-corrected chi connectivity index (χ4v) is 1.91. The van der Waals surface area contributed by atoms with Crippen molar-refractivity contribution in [2.75, 3.05) is 11.9 Å². The molecule has 2 N–H and O–H groups in total. The monoisotopic (exact) mass is 232 g/mol. The van der Waals surface area contributed by atoms with Gasteiger partial charge in [0.1, 0.15) is 11.4 Å². The molecule has 2 aromatic heterocycles. The van der Waals surface area contributed by atoms with Gasteiger partial charge < -0.3 is 14.8 Å². The zero-order chi connectivity index (χ0) is 11.9. The van der Waals surface area contributed by atoms with Gasteiger partial charge in [-0.25, -0.2) is 4.98 Å². The molecule has 2 aromatic rings. The molecule has 5 nitrogen and oxygen atoms in total. The first-order valence-electron chi connectivity index (χ1n) is 5.51. The normalized spacial score (nSPS) is 16.9. The quantitative estimate of drug-likeness (QED) is 0.844. The smallest absolute Gasteiger partial charge is 0.311 e. The molecule has 3 rings (SSSR count). The van der Waals surface area contributed by atoms with Gasteiger partial charge in [0.05, 0.1) is 17.1 Å². The summed E-state index contributed by atoms with van der Waals surface area (Å²) < 4.78 is 5.26. The number of anilines is 1. The molecule has 2 heterocycles. The number of furan rings is 1. The number of nitrogens with one attached hydrogen (secondary N) is 1. The van der Waals surface area contributed by atoms with Crippen molar-refractivity contribution in [3.63, 3.8) is 0 Å². The molecule has 0 radical (unpaired) electrons. The number of fused-ring (bicyclic) bond motifs is 1. The first-order valence-corrected chi connectivity index (χ1v) is 5.51. The third-order valence-corrected chi connectivity index (χ3v) is 3.28. The number of hydrogen-bond acceptors (Lipinski definition) is 4. The van der Waals surface area contributed by atoms with Crippen molar-refractivity contribution in [2.24, 2.45) is 5.41 Å². The van der Waals surface area contributed by atoms with E-state index in [-0.39, 0.29) is 0 Å². The number of nitrogens with zero attached hydrogens (tertiary/aromatic N) is 1. The van der Waals surface area contributed by atoms with Crippen LogP contribution in [0.4, 0.5) is 5.82 Å². The summed E-state index contributed by atoms with van der Waals surface area (Å²) in [4.78, 5) is 15.2. The van der Waals surface area contributed by atoms with Crippen molar-refractivity contribution in [1.29, 1.82) is 0 Å². The maximum absolute atomic E-state index is 11.0. The van der Waals surface area contributed by atoms with Crippen LogP contribution in [0.5, 0.6) is 0 Å². The third-order valence-electron chi connectivity index (χ3n) is 3.28.